The van der Waals surface area contributed by atoms with Gasteiger partial charge in [0.25, 0.3) is 0 Å². The molecule has 2 heterocycles. The molecule has 1 saturated carbocycles. The monoisotopic (exact) mass is 431 g/mol. The molecule has 162 valence electrons. The van der Waals surface area contributed by atoms with Gasteiger partial charge in [-0.25, -0.2) is 0 Å². The fraction of sp³-hybridized carbons (Fsp3) is 0.609. The number of carbonyl (C=O) groups is 3. The van der Waals surface area contributed by atoms with Crippen molar-refractivity contribution in [3.05, 3.63) is 34.9 Å². The summed E-state index contributed by atoms with van der Waals surface area (Å²) in [5.41, 5.74) is 0.425. The minimum atomic E-state index is -0.510. The Morgan fingerprint density at radius 1 is 1.13 bits per heavy atom. The van der Waals surface area contributed by atoms with Gasteiger partial charge >= 0.3 is 0 Å². The van der Waals surface area contributed by atoms with Gasteiger partial charge in [-0.3, -0.25) is 14.4 Å². The summed E-state index contributed by atoms with van der Waals surface area (Å²) in [5, 5.41) is 3.80. The predicted molar refractivity (Wildman–Crippen MR) is 115 cm³/mol. The number of hydrogen-bond acceptors (Lipinski definition) is 3. The van der Waals surface area contributed by atoms with Gasteiger partial charge < -0.3 is 15.1 Å². The van der Waals surface area contributed by atoms with Crippen LogP contribution < -0.4 is 5.32 Å². The van der Waals surface area contributed by atoms with Crippen molar-refractivity contribution in [1.82, 2.24) is 15.1 Å². The van der Waals surface area contributed by atoms with Crippen molar-refractivity contribution in [3.8, 4) is 0 Å². The molecular weight excluding hydrogens is 402 g/mol. The lowest BCUT2D eigenvalue weighted by atomic mass is 9.75. The molecule has 7 heteroatoms. The van der Waals surface area contributed by atoms with E-state index in [4.69, 9.17) is 11.6 Å². The van der Waals surface area contributed by atoms with Crippen LogP contribution in [0.4, 0.5) is 0 Å². The topological polar surface area (TPSA) is 69.7 Å². The molecule has 0 radical (unpaired) electrons. The van der Waals surface area contributed by atoms with Crippen LogP contribution in [-0.2, 0) is 20.8 Å². The summed E-state index contributed by atoms with van der Waals surface area (Å²) in [7, 11) is 1.74. The molecule has 3 aliphatic rings. The minimum Gasteiger partial charge on any atom is -0.352 e. The number of nitrogens with zero attached hydrogens (tertiary/aromatic N) is 2. The maximum Gasteiger partial charge on any atom is 0.243 e. The number of likely N-dealkylation sites (N-methyl/N-ethyl adjacent to an activating group) is 1. The van der Waals surface area contributed by atoms with Crippen molar-refractivity contribution in [3.63, 3.8) is 0 Å². The smallest absolute Gasteiger partial charge is 0.243 e. The first-order valence-electron chi connectivity index (χ1n) is 11.0. The molecule has 1 atom stereocenters. The number of halogens is 1. The van der Waals surface area contributed by atoms with E-state index < -0.39 is 11.5 Å². The molecule has 2 saturated heterocycles. The highest BCUT2D eigenvalue weighted by Gasteiger charge is 2.53. The fourth-order valence-electron chi connectivity index (χ4n) is 5.24. The summed E-state index contributed by atoms with van der Waals surface area (Å²) in [4.78, 5) is 42.0. The third-order valence-corrected chi connectivity index (χ3v) is 7.42. The second-order valence-electron chi connectivity index (χ2n) is 9.09. The number of benzene rings is 1. The first kappa shape index (κ1) is 21.2. The number of carbonyl (C=O) groups excluding carboxylic acids is 3. The highest BCUT2D eigenvalue weighted by Crippen LogP contribution is 2.44. The summed E-state index contributed by atoms with van der Waals surface area (Å²) >= 11 is 5.91. The van der Waals surface area contributed by atoms with Crippen molar-refractivity contribution in [1.29, 1.82) is 0 Å². The molecule has 6 nitrogen and oxygen atoms in total. The standard InChI is InChI=1S/C23H30ClN3O3/c1-26-19(21(29)25-18-4-2-3-5-18)15-23(22(26)30)10-12-27(13-11-23)20(28)14-16-6-8-17(24)9-7-16/h6-9,18-19H,2-5,10-15H2,1H3,(H,25,29). The Labute approximate surface area is 182 Å². The second kappa shape index (κ2) is 8.58. The van der Waals surface area contributed by atoms with Gasteiger partial charge in [0.15, 0.2) is 0 Å². The van der Waals surface area contributed by atoms with E-state index in [2.05, 4.69) is 5.32 Å². The molecule has 1 aromatic rings. The van der Waals surface area contributed by atoms with Gasteiger partial charge in [-0.15, -0.1) is 0 Å². The lowest BCUT2D eigenvalue weighted by Crippen LogP contribution is -2.47. The van der Waals surface area contributed by atoms with E-state index in [0.29, 0.717) is 43.8 Å². The zero-order chi connectivity index (χ0) is 21.3. The Morgan fingerprint density at radius 2 is 1.77 bits per heavy atom. The number of hydrogen-bond donors (Lipinski definition) is 1. The van der Waals surface area contributed by atoms with E-state index in [1.807, 2.05) is 17.0 Å². The number of nitrogens with one attached hydrogen (secondary N) is 1. The summed E-state index contributed by atoms with van der Waals surface area (Å²) in [6.07, 6.45) is 6.52. The summed E-state index contributed by atoms with van der Waals surface area (Å²) in [6, 6.07) is 7.18. The third-order valence-electron chi connectivity index (χ3n) is 7.17. The first-order valence-corrected chi connectivity index (χ1v) is 11.4. The van der Waals surface area contributed by atoms with E-state index in [1.54, 1.807) is 24.1 Å². The average Bonchev–Trinajstić information content (AvgIpc) is 3.33. The van der Waals surface area contributed by atoms with Crippen LogP contribution in [0.1, 0.15) is 50.5 Å². The molecule has 3 fully saturated rings. The Morgan fingerprint density at radius 3 is 2.40 bits per heavy atom. The number of rotatable bonds is 4. The van der Waals surface area contributed by atoms with Crippen LogP contribution in [0, 0.1) is 5.41 Å². The molecule has 1 unspecified atom stereocenters. The van der Waals surface area contributed by atoms with Gasteiger partial charge in [-0.2, -0.15) is 0 Å². The van der Waals surface area contributed by atoms with Crippen molar-refractivity contribution in [2.24, 2.45) is 5.41 Å². The molecule has 1 aliphatic carbocycles. The molecule has 3 amide bonds. The quantitative estimate of drug-likeness (QED) is 0.796. The number of likely N-dealkylation sites (tertiary alicyclic amines) is 2. The third kappa shape index (κ3) is 4.20. The fourth-order valence-corrected chi connectivity index (χ4v) is 5.36. The van der Waals surface area contributed by atoms with Crippen LogP contribution in [-0.4, -0.2) is 59.7 Å². The maximum absolute atomic E-state index is 13.1. The Bertz CT molecular complexity index is 811. The van der Waals surface area contributed by atoms with Crippen LogP contribution in [0.3, 0.4) is 0 Å². The molecule has 1 spiro atoms. The van der Waals surface area contributed by atoms with Gasteiger partial charge in [0.2, 0.25) is 17.7 Å². The zero-order valence-electron chi connectivity index (χ0n) is 17.5. The van der Waals surface area contributed by atoms with Crippen LogP contribution in [0.15, 0.2) is 24.3 Å². The normalized spacial score (nSPS) is 23.9. The minimum absolute atomic E-state index is 0.0177. The molecule has 0 aromatic heterocycles. The van der Waals surface area contributed by atoms with Gasteiger partial charge in [0.05, 0.1) is 11.8 Å². The summed E-state index contributed by atoms with van der Waals surface area (Å²) < 4.78 is 0. The zero-order valence-corrected chi connectivity index (χ0v) is 18.3. The largest absolute Gasteiger partial charge is 0.352 e. The molecule has 1 aromatic carbocycles. The van der Waals surface area contributed by atoms with E-state index in [0.717, 1.165) is 31.2 Å². The highest BCUT2D eigenvalue weighted by molar-refractivity contribution is 6.30. The van der Waals surface area contributed by atoms with Gasteiger partial charge in [-0.1, -0.05) is 36.6 Å². The lowest BCUT2D eigenvalue weighted by Gasteiger charge is -2.37. The number of amides is 3. The van der Waals surface area contributed by atoms with Crippen LogP contribution in [0.5, 0.6) is 0 Å². The number of piperidine rings is 1. The molecule has 30 heavy (non-hydrogen) atoms. The van der Waals surface area contributed by atoms with Crippen LogP contribution >= 0.6 is 11.6 Å². The second-order valence-corrected chi connectivity index (χ2v) is 9.53. The van der Waals surface area contributed by atoms with E-state index in [9.17, 15) is 14.4 Å². The summed E-state index contributed by atoms with van der Waals surface area (Å²) in [5.74, 6) is 0.108. The SMILES string of the molecule is CN1C(=O)C2(CCN(C(=O)Cc3ccc(Cl)cc3)CC2)CC1C(=O)NC1CCCC1. The lowest BCUT2D eigenvalue weighted by molar-refractivity contribution is -0.142. The summed E-state index contributed by atoms with van der Waals surface area (Å²) in [6.45, 7) is 1.12. The molecule has 2 aliphatic heterocycles. The molecule has 0 bridgehead atoms. The van der Waals surface area contributed by atoms with Crippen LogP contribution in [0.2, 0.25) is 5.02 Å². The molecule has 4 rings (SSSR count). The van der Waals surface area contributed by atoms with Gasteiger partial charge in [0, 0.05) is 31.2 Å². The first-order chi connectivity index (χ1) is 14.4. The molecular formula is C23H30ClN3O3. The van der Waals surface area contributed by atoms with Gasteiger partial charge in [-0.05, 0) is 49.8 Å². The van der Waals surface area contributed by atoms with Crippen molar-refractivity contribution < 1.29 is 14.4 Å². The Hall–Kier alpha value is -2.08. The van der Waals surface area contributed by atoms with E-state index in [1.165, 1.54) is 0 Å². The van der Waals surface area contributed by atoms with E-state index in [-0.39, 0.29) is 23.8 Å². The van der Waals surface area contributed by atoms with Crippen LogP contribution in [0.25, 0.3) is 0 Å². The highest BCUT2D eigenvalue weighted by atomic mass is 35.5. The molecule has 1 N–H and O–H groups in total. The Kier molecular flexibility index (Phi) is 6.05. The van der Waals surface area contributed by atoms with E-state index >= 15 is 0 Å². The maximum atomic E-state index is 13.1. The van der Waals surface area contributed by atoms with Crippen molar-refractivity contribution >= 4 is 29.3 Å². The predicted octanol–water partition coefficient (Wildman–Crippen LogP) is 2.78. The average molecular weight is 432 g/mol. The Balaban J connectivity index is 1.34. The van der Waals surface area contributed by atoms with Gasteiger partial charge in [0.1, 0.15) is 6.04 Å². The van der Waals surface area contributed by atoms with Crippen molar-refractivity contribution in [2.45, 2.75) is 63.5 Å². The van der Waals surface area contributed by atoms with Crippen molar-refractivity contribution in [2.75, 3.05) is 20.1 Å².